The lowest BCUT2D eigenvalue weighted by Crippen LogP contribution is -2.16. The number of thiophene rings is 1. The largest absolute Gasteiger partial charge is 0.464 e. The Morgan fingerprint density at radius 3 is 2.80 bits per heavy atom. The molecule has 2 aromatic rings. The third-order valence-electron chi connectivity index (χ3n) is 2.99. The summed E-state index contributed by atoms with van der Waals surface area (Å²) in [6.07, 6.45) is 1.61. The van der Waals surface area contributed by atoms with Gasteiger partial charge in [-0.2, -0.15) is 0 Å². The van der Waals surface area contributed by atoms with Gasteiger partial charge in [0.1, 0.15) is 5.69 Å². The van der Waals surface area contributed by atoms with E-state index in [2.05, 4.69) is 40.3 Å². The summed E-state index contributed by atoms with van der Waals surface area (Å²) in [5.41, 5.74) is 1.18. The van der Waals surface area contributed by atoms with Crippen molar-refractivity contribution in [2.75, 3.05) is 12.4 Å². The molecule has 2 rings (SSSR count). The summed E-state index contributed by atoms with van der Waals surface area (Å²) in [7, 11) is 1.35. The molecule has 5 heteroatoms. The first-order chi connectivity index (χ1) is 9.61. The summed E-state index contributed by atoms with van der Waals surface area (Å²) in [6.45, 7) is 4.33. The van der Waals surface area contributed by atoms with Crippen LogP contribution in [0, 0.1) is 5.92 Å². The minimum absolute atomic E-state index is 0.211. The lowest BCUT2D eigenvalue weighted by atomic mass is 10.0. The highest BCUT2D eigenvalue weighted by Gasteiger charge is 2.17. The smallest absolute Gasteiger partial charge is 0.356 e. The summed E-state index contributed by atoms with van der Waals surface area (Å²) >= 11 is 1.72. The standard InChI is InChI=1S/C15H18N2O2S/c1-10(2)14(13-5-4-8-20-13)17-11-6-7-16-12(9-11)15(18)19-3/h4-10,14H,1-3H3,(H,16,17). The van der Waals surface area contributed by atoms with E-state index >= 15 is 0 Å². The monoisotopic (exact) mass is 290 g/mol. The predicted molar refractivity (Wildman–Crippen MR) is 81.1 cm³/mol. The van der Waals surface area contributed by atoms with Crippen molar-refractivity contribution < 1.29 is 9.53 Å². The summed E-state index contributed by atoms with van der Waals surface area (Å²) in [5.74, 6) is 0.00858. The van der Waals surface area contributed by atoms with Crippen molar-refractivity contribution in [1.29, 1.82) is 0 Å². The van der Waals surface area contributed by atoms with Crippen LogP contribution >= 0.6 is 11.3 Å². The molecule has 4 nitrogen and oxygen atoms in total. The minimum Gasteiger partial charge on any atom is -0.464 e. The van der Waals surface area contributed by atoms with Gasteiger partial charge in [-0.1, -0.05) is 19.9 Å². The Kier molecular flexibility index (Phi) is 4.74. The van der Waals surface area contributed by atoms with E-state index in [9.17, 15) is 4.79 Å². The van der Waals surface area contributed by atoms with Gasteiger partial charge in [0, 0.05) is 16.8 Å². The lowest BCUT2D eigenvalue weighted by molar-refractivity contribution is 0.0594. The van der Waals surface area contributed by atoms with Gasteiger partial charge in [0.25, 0.3) is 0 Å². The van der Waals surface area contributed by atoms with Gasteiger partial charge in [0.2, 0.25) is 0 Å². The zero-order valence-electron chi connectivity index (χ0n) is 11.8. The van der Waals surface area contributed by atoms with Crippen molar-refractivity contribution in [3.05, 3.63) is 46.4 Å². The molecule has 0 fully saturated rings. The second-order valence-electron chi connectivity index (χ2n) is 4.80. The SMILES string of the molecule is COC(=O)c1cc(NC(c2cccs2)C(C)C)ccn1. The number of hydrogen-bond donors (Lipinski definition) is 1. The Morgan fingerprint density at radius 2 is 2.20 bits per heavy atom. The molecule has 0 saturated carbocycles. The fourth-order valence-electron chi connectivity index (χ4n) is 1.95. The maximum absolute atomic E-state index is 11.5. The fourth-order valence-corrected chi connectivity index (χ4v) is 2.90. The number of nitrogens with one attached hydrogen (secondary N) is 1. The van der Waals surface area contributed by atoms with Crippen molar-refractivity contribution in [2.24, 2.45) is 5.92 Å². The zero-order chi connectivity index (χ0) is 14.5. The van der Waals surface area contributed by atoms with Gasteiger partial charge >= 0.3 is 5.97 Å². The van der Waals surface area contributed by atoms with Gasteiger partial charge in [-0.25, -0.2) is 9.78 Å². The highest BCUT2D eigenvalue weighted by atomic mass is 32.1. The molecule has 1 atom stereocenters. The average molecular weight is 290 g/mol. The zero-order valence-corrected chi connectivity index (χ0v) is 12.6. The van der Waals surface area contributed by atoms with Crippen LogP contribution in [0.5, 0.6) is 0 Å². The molecule has 1 N–H and O–H groups in total. The van der Waals surface area contributed by atoms with Crippen molar-refractivity contribution in [1.82, 2.24) is 4.98 Å². The summed E-state index contributed by atoms with van der Waals surface area (Å²) in [6, 6.07) is 7.95. The van der Waals surface area contributed by atoms with Crippen LogP contribution in [0.1, 0.15) is 35.3 Å². The quantitative estimate of drug-likeness (QED) is 0.852. The topological polar surface area (TPSA) is 51.2 Å². The summed E-state index contributed by atoms with van der Waals surface area (Å²) in [4.78, 5) is 16.8. The van der Waals surface area contributed by atoms with Gasteiger partial charge in [0.15, 0.2) is 0 Å². The maximum atomic E-state index is 11.5. The van der Waals surface area contributed by atoms with Crippen LogP contribution in [0.2, 0.25) is 0 Å². The van der Waals surface area contributed by atoms with E-state index < -0.39 is 5.97 Å². The van der Waals surface area contributed by atoms with Gasteiger partial charge in [-0.15, -0.1) is 11.3 Å². The molecule has 20 heavy (non-hydrogen) atoms. The van der Waals surface area contributed by atoms with Gasteiger partial charge < -0.3 is 10.1 Å². The Morgan fingerprint density at radius 1 is 1.40 bits per heavy atom. The molecule has 2 aromatic heterocycles. The molecular weight excluding hydrogens is 272 g/mol. The highest BCUT2D eigenvalue weighted by molar-refractivity contribution is 7.10. The number of aromatic nitrogens is 1. The van der Waals surface area contributed by atoms with Crippen LogP contribution in [0.3, 0.4) is 0 Å². The van der Waals surface area contributed by atoms with E-state index in [1.807, 2.05) is 12.1 Å². The second-order valence-corrected chi connectivity index (χ2v) is 5.78. The Labute approximate surface area is 122 Å². The van der Waals surface area contributed by atoms with E-state index in [4.69, 9.17) is 0 Å². The molecule has 106 valence electrons. The van der Waals surface area contributed by atoms with Gasteiger partial charge in [0.05, 0.1) is 13.2 Å². The van der Waals surface area contributed by atoms with Crippen LogP contribution in [-0.4, -0.2) is 18.1 Å². The van der Waals surface area contributed by atoms with Crippen LogP contribution in [0.4, 0.5) is 5.69 Å². The van der Waals surface area contributed by atoms with Crippen LogP contribution < -0.4 is 5.32 Å². The lowest BCUT2D eigenvalue weighted by Gasteiger charge is -2.22. The van der Waals surface area contributed by atoms with Crippen molar-refractivity contribution in [2.45, 2.75) is 19.9 Å². The molecule has 0 saturated heterocycles. The number of rotatable bonds is 5. The Balaban J connectivity index is 2.21. The number of ether oxygens (including phenoxy) is 1. The fraction of sp³-hybridized carbons (Fsp3) is 0.333. The van der Waals surface area contributed by atoms with E-state index in [0.29, 0.717) is 11.6 Å². The molecule has 0 radical (unpaired) electrons. The van der Waals surface area contributed by atoms with E-state index in [1.54, 1.807) is 23.6 Å². The minimum atomic E-state index is -0.425. The number of hydrogen-bond acceptors (Lipinski definition) is 5. The second kappa shape index (κ2) is 6.52. The Bertz CT molecular complexity index is 567. The van der Waals surface area contributed by atoms with Crippen LogP contribution in [-0.2, 0) is 4.74 Å². The predicted octanol–water partition coefficient (Wildman–Crippen LogP) is 3.74. The number of methoxy groups -OCH3 is 1. The van der Waals surface area contributed by atoms with Crippen LogP contribution in [0.25, 0.3) is 0 Å². The first-order valence-electron chi connectivity index (χ1n) is 6.46. The van der Waals surface area contributed by atoms with Crippen molar-refractivity contribution >= 4 is 23.0 Å². The van der Waals surface area contributed by atoms with Crippen LogP contribution in [0.15, 0.2) is 35.8 Å². The molecular formula is C15H18N2O2S. The first-order valence-corrected chi connectivity index (χ1v) is 7.34. The molecule has 0 aliphatic carbocycles. The Hall–Kier alpha value is -1.88. The number of carbonyl (C=O) groups is 1. The molecule has 0 spiro atoms. The average Bonchev–Trinajstić information content (AvgIpc) is 2.97. The number of anilines is 1. The number of carbonyl (C=O) groups excluding carboxylic acids is 1. The van der Waals surface area contributed by atoms with Gasteiger partial charge in [-0.05, 0) is 29.5 Å². The first kappa shape index (κ1) is 14.5. The summed E-state index contributed by atoms with van der Waals surface area (Å²) < 4.78 is 4.69. The molecule has 0 aliphatic heterocycles. The third kappa shape index (κ3) is 3.36. The van der Waals surface area contributed by atoms with E-state index in [1.165, 1.54) is 12.0 Å². The summed E-state index contributed by atoms with van der Waals surface area (Å²) in [5, 5.41) is 5.53. The molecule has 0 aromatic carbocycles. The normalized spacial score (nSPS) is 12.2. The number of esters is 1. The maximum Gasteiger partial charge on any atom is 0.356 e. The number of nitrogens with zero attached hydrogens (tertiary/aromatic N) is 1. The van der Waals surface area contributed by atoms with Crippen molar-refractivity contribution in [3.8, 4) is 0 Å². The van der Waals surface area contributed by atoms with E-state index in [-0.39, 0.29) is 6.04 Å². The van der Waals surface area contributed by atoms with Gasteiger partial charge in [-0.3, -0.25) is 0 Å². The highest BCUT2D eigenvalue weighted by Crippen LogP contribution is 2.29. The molecule has 0 aliphatic rings. The molecule has 1 unspecified atom stereocenters. The van der Waals surface area contributed by atoms with E-state index in [0.717, 1.165) is 5.69 Å². The van der Waals surface area contributed by atoms with Crippen molar-refractivity contribution in [3.63, 3.8) is 0 Å². The molecule has 0 bridgehead atoms. The third-order valence-corrected chi connectivity index (χ3v) is 3.95. The number of pyridine rings is 1. The molecule has 2 heterocycles. The molecule has 0 amide bonds.